The molecule has 1 aliphatic rings. The van der Waals surface area contributed by atoms with Crippen molar-refractivity contribution in [2.45, 2.75) is 26.3 Å². The molecule has 0 atom stereocenters. The molecule has 0 saturated carbocycles. The lowest BCUT2D eigenvalue weighted by molar-refractivity contribution is 0.0989. The standard InChI is InChI=1S/C17H27N3O2/c1-3-4-13-22-17(21)20-11-9-19(10-12-20)16-7-5-15(6-8-16)14-18-2/h5-8,18H,3-4,9-14H2,1-2H3. The van der Waals surface area contributed by atoms with Gasteiger partial charge < -0.3 is 19.9 Å². The first-order valence-electron chi connectivity index (χ1n) is 8.14. The van der Waals surface area contributed by atoms with Crippen molar-refractivity contribution >= 4 is 11.8 Å². The number of nitrogens with zero attached hydrogens (tertiary/aromatic N) is 2. The van der Waals surface area contributed by atoms with Crippen LogP contribution in [-0.4, -0.2) is 50.8 Å². The third-order valence-electron chi connectivity index (χ3n) is 3.94. The molecule has 0 aromatic heterocycles. The van der Waals surface area contributed by atoms with E-state index in [1.807, 2.05) is 11.9 Å². The third-order valence-corrected chi connectivity index (χ3v) is 3.94. The van der Waals surface area contributed by atoms with Gasteiger partial charge in [-0.15, -0.1) is 0 Å². The topological polar surface area (TPSA) is 44.8 Å². The van der Waals surface area contributed by atoms with Gasteiger partial charge in [-0.2, -0.15) is 0 Å². The van der Waals surface area contributed by atoms with Crippen molar-refractivity contribution in [1.82, 2.24) is 10.2 Å². The van der Waals surface area contributed by atoms with E-state index in [1.54, 1.807) is 0 Å². The molecule has 5 heteroatoms. The fourth-order valence-electron chi connectivity index (χ4n) is 2.57. The molecule has 1 aliphatic heterocycles. The molecule has 5 nitrogen and oxygen atoms in total. The van der Waals surface area contributed by atoms with Crippen LogP contribution in [0.4, 0.5) is 10.5 Å². The molecule has 1 saturated heterocycles. The lowest BCUT2D eigenvalue weighted by Crippen LogP contribution is -2.49. The van der Waals surface area contributed by atoms with Crippen LogP contribution in [0.5, 0.6) is 0 Å². The number of anilines is 1. The van der Waals surface area contributed by atoms with Gasteiger partial charge in [-0.25, -0.2) is 4.79 Å². The lowest BCUT2D eigenvalue weighted by Gasteiger charge is -2.35. The van der Waals surface area contributed by atoms with Gasteiger partial charge in [0.25, 0.3) is 0 Å². The fraction of sp³-hybridized carbons (Fsp3) is 0.588. The Morgan fingerprint density at radius 2 is 1.86 bits per heavy atom. The van der Waals surface area contributed by atoms with E-state index in [0.29, 0.717) is 6.61 Å². The van der Waals surface area contributed by atoms with Gasteiger partial charge in [0.15, 0.2) is 0 Å². The van der Waals surface area contributed by atoms with E-state index in [4.69, 9.17) is 4.74 Å². The van der Waals surface area contributed by atoms with Gasteiger partial charge in [0, 0.05) is 38.4 Å². The van der Waals surface area contributed by atoms with Crippen molar-refractivity contribution in [2.24, 2.45) is 0 Å². The summed E-state index contributed by atoms with van der Waals surface area (Å²) in [5, 5.41) is 3.15. The van der Waals surface area contributed by atoms with Crippen molar-refractivity contribution in [3.05, 3.63) is 29.8 Å². The van der Waals surface area contributed by atoms with Crippen molar-refractivity contribution in [3.8, 4) is 0 Å². The maximum atomic E-state index is 11.9. The van der Waals surface area contributed by atoms with Crippen molar-refractivity contribution in [1.29, 1.82) is 0 Å². The summed E-state index contributed by atoms with van der Waals surface area (Å²) in [6, 6.07) is 8.61. The van der Waals surface area contributed by atoms with Gasteiger partial charge in [-0.05, 0) is 31.2 Å². The van der Waals surface area contributed by atoms with Crippen LogP contribution in [0, 0.1) is 0 Å². The SMILES string of the molecule is CCCCOC(=O)N1CCN(c2ccc(CNC)cc2)CC1. The van der Waals surface area contributed by atoms with Crippen molar-refractivity contribution < 1.29 is 9.53 Å². The zero-order valence-electron chi connectivity index (χ0n) is 13.7. The molecule has 0 aliphatic carbocycles. The highest BCUT2D eigenvalue weighted by molar-refractivity contribution is 5.68. The molecule has 1 aromatic carbocycles. The normalized spacial score (nSPS) is 15.0. The number of hydrogen-bond donors (Lipinski definition) is 1. The molecule has 1 heterocycles. The molecule has 1 fully saturated rings. The van der Waals surface area contributed by atoms with Crippen LogP contribution in [-0.2, 0) is 11.3 Å². The zero-order valence-corrected chi connectivity index (χ0v) is 13.7. The van der Waals surface area contributed by atoms with E-state index < -0.39 is 0 Å². The number of piperazine rings is 1. The van der Waals surface area contributed by atoms with Crippen molar-refractivity contribution in [3.63, 3.8) is 0 Å². The number of nitrogens with one attached hydrogen (secondary N) is 1. The van der Waals surface area contributed by atoms with Crippen LogP contribution in [0.25, 0.3) is 0 Å². The zero-order chi connectivity index (χ0) is 15.8. The van der Waals surface area contributed by atoms with Crippen molar-refractivity contribution in [2.75, 3.05) is 44.7 Å². The number of hydrogen-bond acceptors (Lipinski definition) is 4. The largest absolute Gasteiger partial charge is 0.449 e. The molecule has 122 valence electrons. The number of unbranched alkanes of at least 4 members (excludes halogenated alkanes) is 1. The highest BCUT2D eigenvalue weighted by atomic mass is 16.6. The fourth-order valence-corrected chi connectivity index (χ4v) is 2.57. The average molecular weight is 305 g/mol. The minimum atomic E-state index is -0.169. The summed E-state index contributed by atoms with van der Waals surface area (Å²) < 4.78 is 5.27. The molecular formula is C17H27N3O2. The minimum absolute atomic E-state index is 0.169. The first kappa shape index (κ1) is 16.6. The van der Waals surface area contributed by atoms with Crippen LogP contribution >= 0.6 is 0 Å². The molecule has 1 N–H and O–H groups in total. The highest BCUT2D eigenvalue weighted by Crippen LogP contribution is 2.17. The first-order chi connectivity index (χ1) is 10.7. The van der Waals surface area contributed by atoms with E-state index in [1.165, 1.54) is 11.3 Å². The monoisotopic (exact) mass is 305 g/mol. The number of ether oxygens (including phenoxy) is 1. The third kappa shape index (κ3) is 4.63. The number of carbonyl (C=O) groups excluding carboxylic acids is 1. The van der Waals surface area contributed by atoms with Gasteiger partial charge in [-0.1, -0.05) is 25.5 Å². The molecule has 1 aromatic rings. The second kappa shape index (κ2) is 8.63. The Kier molecular flexibility index (Phi) is 6.52. The molecule has 0 unspecified atom stereocenters. The Hall–Kier alpha value is -1.75. The Bertz CT molecular complexity index is 453. The summed E-state index contributed by atoms with van der Waals surface area (Å²) >= 11 is 0. The lowest BCUT2D eigenvalue weighted by atomic mass is 10.2. The maximum absolute atomic E-state index is 11.9. The number of rotatable bonds is 6. The number of carbonyl (C=O) groups is 1. The van der Waals surface area contributed by atoms with Crippen LogP contribution in [0.3, 0.4) is 0 Å². The summed E-state index contributed by atoms with van der Waals surface area (Å²) in [5.41, 5.74) is 2.50. The Morgan fingerprint density at radius 1 is 1.18 bits per heavy atom. The van der Waals surface area contributed by atoms with Crippen LogP contribution < -0.4 is 10.2 Å². The average Bonchev–Trinajstić information content (AvgIpc) is 2.56. The summed E-state index contributed by atoms with van der Waals surface area (Å²) in [6.07, 6.45) is 1.81. The molecule has 2 rings (SSSR count). The first-order valence-corrected chi connectivity index (χ1v) is 8.14. The Balaban J connectivity index is 1.80. The van der Waals surface area contributed by atoms with E-state index in [2.05, 4.69) is 41.4 Å². The highest BCUT2D eigenvalue weighted by Gasteiger charge is 2.22. The minimum Gasteiger partial charge on any atom is -0.449 e. The predicted molar refractivity (Wildman–Crippen MR) is 89.2 cm³/mol. The van der Waals surface area contributed by atoms with E-state index in [0.717, 1.165) is 45.6 Å². The molecule has 0 bridgehead atoms. The maximum Gasteiger partial charge on any atom is 0.409 e. The second-order valence-corrected chi connectivity index (χ2v) is 5.64. The van der Waals surface area contributed by atoms with Gasteiger partial charge in [0.2, 0.25) is 0 Å². The molecule has 22 heavy (non-hydrogen) atoms. The number of benzene rings is 1. The summed E-state index contributed by atoms with van der Waals surface area (Å²) in [5.74, 6) is 0. The molecular weight excluding hydrogens is 278 g/mol. The smallest absolute Gasteiger partial charge is 0.409 e. The Morgan fingerprint density at radius 3 is 2.45 bits per heavy atom. The summed E-state index contributed by atoms with van der Waals surface area (Å²) in [6.45, 7) is 6.67. The summed E-state index contributed by atoms with van der Waals surface area (Å²) in [7, 11) is 1.95. The summed E-state index contributed by atoms with van der Waals surface area (Å²) in [4.78, 5) is 16.0. The van der Waals surface area contributed by atoms with E-state index in [-0.39, 0.29) is 6.09 Å². The van der Waals surface area contributed by atoms with Gasteiger partial charge in [0.1, 0.15) is 0 Å². The van der Waals surface area contributed by atoms with Crippen LogP contribution in [0.1, 0.15) is 25.3 Å². The number of amides is 1. The molecule has 1 amide bonds. The molecule has 0 spiro atoms. The van der Waals surface area contributed by atoms with E-state index in [9.17, 15) is 4.79 Å². The quantitative estimate of drug-likeness (QED) is 0.820. The van der Waals surface area contributed by atoms with Crippen LogP contribution in [0.2, 0.25) is 0 Å². The van der Waals surface area contributed by atoms with Crippen LogP contribution in [0.15, 0.2) is 24.3 Å². The second-order valence-electron chi connectivity index (χ2n) is 5.64. The van der Waals surface area contributed by atoms with Gasteiger partial charge in [0.05, 0.1) is 6.61 Å². The predicted octanol–water partition coefficient (Wildman–Crippen LogP) is 2.46. The van der Waals surface area contributed by atoms with Gasteiger partial charge in [-0.3, -0.25) is 0 Å². The molecule has 0 radical (unpaired) electrons. The van der Waals surface area contributed by atoms with E-state index >= 15 is 0 Å². The van der Waals surface area contributed by atoms with Gasteiger partial charge >= 0.3 is 6.09 Å². The Labute approximate surface area is 133 Å².